The van der Waals surface area contributed by atoms with Gasteiger partial charge in [0.05, 0.1) is 12.0 Å². The normalized spacial score (nSPS) is 36.5. The molecule has 0 bridgehead atoms. The Morgan fingerprint density at radius 1 is 1.12 bits per heavy atom. The predicted octanol–water partition coefficient (Wildman–Crippen LogP) is 3.50. The molecule has 0 saturated heterocycles. The van der Waals surface area contributed by atoms with Gasteiger partial charge in [-0.3, -0.25) is 9.59 Å². The number of rotatable bonds is 2. The summed E-state index contributed by atoms with van der Waals surface area (Å²) in [7, 11) is 0. The first-order valence-corrected chi connectivity index (χ1v) is 9.80. The second kappa shape index (κ2) is 5.58. The van der Waals surface area contributed by atoms with Crippen molar-refractivity contribution in [2.75, 3.05) is 0 Å². The average molecular weight is 339 g/mol. The monoisotopic (exact) mass is 339 g/mol. The van der Waals surface area contributed by atoms with E-state index in [2.05, 4.69) is 5.32 Å². The number of fused-ring (bicyclic) bond motifs is 3. The maximum Gasteiger partial charge on any atom is 0.224 e. The molecular weight excluding hydrogens is 314 g/mol. The van der Waals surface area contributed by atoms with Crippen LogP contribution < -0.4 is 10.1 Å². The van der Waals surface area contributed by atoms with Crippen LogP contribution in [0.5, 0.6) is 5.75 Å². The van der Waals surface area contributed by atoms with Gasteiger partial charge in [-0.25, -0.2) is 0 Å². The zero-order chi connectivity index (χ0) is 17.0. The summed E-state index contributed by atoms with van der Waals surface area (Å²) in [5.41, 5.74) is 0.255. The molecule has 5 rings (SSSR count). The summed E-state index contributed by atoms with van der Waals surface area (Å²) >= 11 is 0. The Kier molecular flexibility index (Phi) is 3.44. The smallest absolute Gasteiger partial charge is 0.224 e. The summed E-state index contributed by atoms with van der Waals surface area (Å²) in [6, 6.07) is 7.89. The van der Waals surface area contributed by atoms with Gasteiger partial charge in [0.1, 0.15) is 11.4 Å². The van der Waals surface area contributed by atoms with Crippen molar-refractivity contribution in [3.05, 3.63) is 29.8 Å². The Bertz CT molecular complexity index is 724. The molecule has 1 amide bonds. The second-order valence-corrected chi connectivity index (χ2v) is 8.36. The summed E-state index contributed by atoms with van der Waals surface area (Å²) < 4.78 is 6.37. The van der Waals surface area contributed by atoms with Crippen LogP contribution in [0.4, 0.5) is 0 Å². The van der Waals surface area contributed by atoms with Crippen molar-refractivity contribution in [1.29, 1.82) is 0 Å². The van der Waals surface area contributed by atoms with Crippen LogP contribution in [0.2, 0.25) is 0 Å². The Morgan fingerprint density at radius 2 is 1.92 bits per heavy atom. The minimum Gasteiger partial charge on any atom is -0.486 e. The van der Waals surface area contributed by atoms with Crippen molar-refractivity contribution in [2.24, 2.45) is 17.8 Å². The fourth-order valence-corrected chi connectivity index (χ4v) is 5.66. The zero-order valence-corrected chi connectivity index (χ0v) is 14.5. The summed E-state index contributed by atoms with van der Waals surface area (Å²) in [4.78, 5) is 25.4. The molecule has 3 aliphatic carbocycles. The summed E-state index contributed by atoms with van der Waals surface area (Å²) in [6.45, 7) is 0. The van der Waals surface area contributed by atoms with Crippen LogP contribution in [0.1, 0.15) is 61.7 Å². The average Bonchev–Trinajstić information content (AvgIpc) is 3.28. The molecule has 25 heavy (non-hydrogen) atoms. The third-order valence-corrected chi connectivity index (χ3v) is 6.89. The number of carbonyl (C=O) groups is 2. The number of hydrogen-bond acceptors (Lipinski definition) is 3. The molecular formula is C21H25NO3. The molecule has 4 nitrogen and oxygen atoms in total. The zero-order valence-electron chi connectivity index (χ0n) is 14.5. The predicted molar refractivity (Wildman–Crippen MR) is 93.5 cm³/mol. The fraction of sp³-hybridized carbons (Fsp3) is 0.619. The van der Waals surface area contributed by atoms with Gasteiger partial charge >= 0.3 is 0 Å². The molecule has 1 spiro atoms. The molecule has 4 atom stereocenters. The number of Topliss-reactive ketones (excluding diaryl/α,β-unsaturated/α-hetero) is 1. The van der Waals surface area contributed by atoms with Crippen molar-refractivity contribution in [3.8, 4) is 5.75 Å². The molecule has 1 N–H and O–H groups in total. The number of nitrogens with one attached hydrogen (secondary N) is 1. The molecule has 1 aromatic rings. The number of benzene rings is 1. The SMILES string of the molecule is O=C1C[C@]2(CC[C@@H]3[C@H](C(=O)NC4CCCCC4)[C@H]32)Oc2ccccc21. The lowest BCUT2D eigenvalue weighted by molar-refractivity contribution is -0.125. The summed E-state index contributed by atoms with van der Waals surface area (Å²) in [5, 5.41) is 3.28. The van der Waals surface area contributed by atoms with E-state index in [1.807, 2.05) is 24.3 Å². The van der Waals surface area contributed by atoms with E-state index in [4.69, 9.17) is 4.74 Å². The van der Waals surface area contributed by atoms with Crippen LogP contribution in [0, 0.1) is 17.8 Å². The van der Waals surface area contributed by atoms with Crippen molar-refractivity contribution in [1.82, 2.24) is 5.32 Å². The van der Waals surface area contributed by atoms with E-state index in [-0.39, 0.29) is 23.5 Å². The number of carbonyl (C=O) groups excluding carboxylic acids is 2. The largest absolute Gasteiger partial charge is 0.486 e. The Balaban J connectivity index is 1.33. The highest BCUT2D eigenvalue weighted by Crippen LogP contribution is 2.65. The number of ketones is 1. The van der Waals surface area contributed by atoms with Gasteiger partial charge in [0.2, 0.25) is 5.91 Å². The van der Waals surface area contributed by atoms with E-state index in [1.165, 1.54) is 19.3 Å². The first-order valence-electron chi connectivity index (χ1n) is 9.80. The molecule has 4 heteroatoms. The van der Waals surface area contributed by atoms with Crippen molar-refractivity contribution >= 4 is 11.7 Å². The van der Waals surface area contributed by atoms with Crippen LogP contribution in [0.3, 0.4) is 0 Å². The molecule has 0 aromatic heterocycles. The first-order chi connectivity index (χ1) is 12.2. The van der Waals surface area contributed by atoms with Crippen LogP contribution in [-0.4, -0.2) is 23.3 Å². The molecule has 1 aromatic carbocycles. The van der Waals surface area contributed by atoms with Gasteiger partial charge in [0.15, 0.2) is 5.78 Å². The van der Waals surface area contributed by atoms with Gasteiger partial charge in [0.25, 0.3) is 0 Å². The van der Waals surface area contributed by atoms with Crippen LogP contribution in [0.15, 0.2) is 24.3 Å². The van der Waals surface area contributed by atoms with Gasteiger partial charge in [-0.2, -0.15) is 0 Å². The highest BCUT2D eigenvalue weighted by molar-refractivity contribution is 6.00. The van der Waals surface area contributed by atoms with Gasteiger partial charge in [-0.15, -0.1) is 0 Å². The Morgan fingerprint density at radius 3 is 2.76 bits per heavy atom. The molecule has 3 saturated carbocycles. The third-order valence-electron chi connectivity index (χ3n) is 6.89. The van der Waals surface area contributed by atoms with E-state index < -0.39 is 5.60 Å². The Hall–Kier alpha value is -1.84. The van der Waals surface area contributed by atoms with Crippen molar-refractivity contribution in [2.45, 2.75) is 63.0 Å². The van der Waals surface area contributed by atoms with E-state index in [0.29, 0.717) is 29.7 Å². The minimum absolute atomic E-state index is 0.0498. The number of para-hydroxylation sites is 1. The number of hydrogen-bond donors (Lipinski definition) is 1. The standard InChI is InChI=1S/C21H25NO3/c23-16-12-21(25-17-9-5-4-8-14(16)17)11-10-15-18(19(15)21)20(24)22-13-6-2-1-3-7-13/h4-5,8-9,13,15,18-19H,1-3,6-7,10-12H2,(H,22,24)/t15-,18+,19+,21+/m1/s1. The highest BCUT2D eigenvalue weighted by Gasteiger charge is 2.70. The molecule has 1 heterocycles. The number of amides is 1. The summed E-state index contributed by atoms with van der Waals surface area (Å²) in [5.74, 6) is 1.75. The van der Waals surface area contributed by atoms with E-state index in [1.54, 1.807) is 0 Å². The fourth-order valence-electron chi connectivity index (χ4n) is 5.66. The lowest BCUT2D eigenvalue weighted by Gasteiger charge is -2.37. The van der Waals surface area contributed by atoms with E-state index in [0.717, 1.165) is 25.7 Å². The first kappa shape index (κ1) is 15.4. The summed E-state index contributed by atoms with van der Waals surface area (Å²) in [6.07, 6.45) is 8.29. The maximum atomic E-state index is 12.8. The second-order valence-electron chi connectivity index (χ2n) is 8.36. The van der Waals surface area contributed by atoms with Crippen LogP contribution >= 0.6 is 0 Å². The number of ether oxygens (including phenoxy) is 1. The van der Waals surface area contributed by atoms with E-state index in [9.17, 15) is 9.59 Å². The Labute approximate surface area is 148 Å². The lowest BCUT2D eigenvalue weighted by atomic mass is 9.84. The minimum atomic E-state index is -0.440. The molecule has 3 fully saturated rings. The molecule has 0 unspecified atom stereocenters. The van der Waals surface area contributed by atoms with Gasteiger partial charge < -0.3 is 10.1 Å². The lowest BCUT2D eigenvalue weighted by Crippen LogP contribution is -2.45. The van der Waals surface area contributed by atoms with E-state index >= 15 is 0 Å². The van der Waals surface area contributed by atoms with Crippen molar-refractivity contribution < 1.29 is 14.3 Å². The molecule has 1 aliphatic heterocycles. The maximum absolute atomic E-state index is 12.8. The van der Waals surface area contributed by atoms with Gasteiger partial charge in [-0.05, 0) is 43.7 Å². The van der Waals surface area contributed by atoms with Gasteiger partial charge in [0, 0.05) is 17.9 Å². The third kappa shape index (κ3) is 2.41. The molecule has 132 valence electrons. The van der Waals surface area contributed by atoms with Crippen molar-refractivity contribution in [3.63, 3.8) is 0 Å². The highest BCUT2D eigenvalue weighted by atomic mass is 16.5. The molecule has 0 radical (unpaired) electrons. The van der Waals surface area contributed by atoms with Crippen LogP contribution in [-0.2, 0) is 4.79 Å². The van der Waals surface area contributed by atoms with Gasteiger partial charge in [-0.1, -0.05) is 31.4 Å². The topological polar surface area (TPSA) is 55.4 Å². The van der Waals surface area contributed by atoms with Crippen LogP contribution in [0.25, 0.3) is 0 Å². The quantitative estimate of drug-likeness (QED) is 0.897. The molecule has 4 aliphatic rings.